The van der Waals surface area contributed by atoms with E-state index >= 15 is 0 Å². The zero-order valence-electron chi connectivity index (χ0n) is 19.4. The number of hydrogen-bond acceptors (Lipinski definition) is 5. The van der Waals surface area contributed by atoms with Gasteiger partial charge >= 0.3 is 0 Å². The summed E-state index contributed by atoms with van der Waals surface area (Å²) in [5, 5.41) is 19.4. The van der Waals surface area contributed by atoms with Crippen molar-refractivity contribution in [2.24, 2.45) is 5.92 Å². The molecule has 1 aromatic carbocycles. The first kappa shape index (κ1) is 23.5. The summed E-state index contributed by atoms with van der Waals surface area (Å²) in [4.78, 5) is 31.2. The standard InChI is InChI=1S/C26H28N4O3S/c1-16(2)10-12-27-26(33)23-22(19-11-14-34-15-19)29-24-21(5-4-13-30(23)24)25(32)28-17(3)18-6-8-20(31)9-7-18/h4-9,11,13-17,31H,10,12H2,1-3H3,(H,27,33)(H,28,32). The summed E-state index contributed by atoms with van der Waals surface area (Å²) < 4.78 is 1.69. The fourth-order valence-electron chi connectivity index (χ4n) is 3.74. The SMILES string of the molecule is CC(C)CCNC(=O)c1c(-c2ccsc2)nc2c(C(=O)NC(C)c3ccc(O)cc3)cccn12. The topological polar surface area (TPSA) is 95.7 Å². The number of aromatic hydroxyl groups is 1. The summed E-state index contributed by atoms with van der Waals surface area (Å²) >= 11 is 1.53. The molecule has 34 heavy (non-hydrogen) atoms. The average Bonchev–Trinajstić information content (AvgIpc) is 3.46. The number of nitrogens with zero attached hydrogens (tertiary/aromatic N) is 2. The predicted molar refractivity (Wildman–Crippen MR) is 134 cm³/mol. The smallest absolute Gasteiger partial charge is 0.270 e. The van der Waals surface area contributed by atoms with Gasteiger partial charge in [-0.1, -0.05) is 26.0 Å². The zero-order valence-corrected chi connectivity index (χ0v) is 20.2. The second-order valence-electron chi connectivity index (χ2n) is 8.66. The number of aromatic nitrogens is 2. The molecule has 1 atom stereocenters. The quantitative estimate of drug-likeness (QED) is 0.332. The third-order valence-corrected chi connectivity index (χ3v) is 6.34. The maximum atomic E-state index is 13.2. The summed E-state index contributed by atoms with van der Waals surface area (Å²) in [6, 6.07) is 11.8. The molecule has 0 bridgehead atoms. The number of nitrogens with one attached hydrogen (secondary N) is 2. The number of carbonyl (C=O) groups excluding carboxylic acids is 2. The van der Waals surface area contributed by atoms with E-state index in [1.165, 1.54) is 11.3 Å². The van der Waals surface area contributed by atoms with Gasteiger partial charge in [-0.25, -0.2) is 4.98 Å². The number of thiophene rings is 1. The van der Waals surface area contributed by atoms with E-state index in [1.807, 2.05) is 23.8 Å². The van der Waals surface area contributed by atoms with Crippen LogP contribution in [0.3, 0.4) is 0 Å². The number of fused-ring (bicyclic) bond motifs is 1. The molecular formula is C26H28N4O3S. The molecule has 4 aromatic rings. The highest BCUT2D eigenvalue weighted by atomic mass is 32.1. The number of benzene rings is 1. The Morgan fingerprint density at radius 2 is 1.85 bits per heavy atom. The number of rotatable bonds is 8. The number of phenolic OH excluding ortho intramolecular Hbond substituents is 1. The Kier molecular flexibility index (Phi) is 6.98. The van der Waals surface area contributed by atoms with Crippen molar-refractivity contribution in [1.29, 1.82) is 0 Å². The molecule has 4 rings (SSSR count). The van der Waals surface area contributed by atoms with E-state index < -0.39 is 0 Å². The van der Waals surface area contributed by atoms with Crippen molar-refractivity contribution in [1.82, 2.24) is 20.0 Å². The van der Waals surface area contributed by atoms with E-state index in [9.17, 15) is 14.7 Å². The van der Waals surface area contributed by atoms with Crippen LogP contribution >= 0.6 is 11.3 Å². The van der Waals surface area contributed by atoms with Gasteiger partial charge in [-0.15, -0.1) is 0 Å². The fraction of sp³-hybridized carbons (Fsp3) is 0.269. The molecular weight excluding hydrogens is 448 g/mol. The number of hydrogen-bond donors (Lipinski definition) is 3. The summed E-state index contributed by atoms with van der Waals surface area (Å²) in [5.74, 6) is 0.137. The lowest BCUT2D eigenvalue weighted by molar-refractivity contribution is 0.0932. The molecule has 0 saturated carbocycles. The van der Waals surface area contributed by atoms with Crippen LogP contribution in [0, 0.1) is 5.92 Å². The van der Waals surface area contributed by atoms with Crippen molar-refractivity contribution in [2.45, 2.75) is 33.2 Å². The average molecular weight is 477 g/mol. The minimum Gasteiger partial charge on any atom is -0.508 e. The van der Waals surface area contributed by atoms with E-state index in [-0.39, 0.29) is 23.6 Å². The Bertz CT molecular complexity index is 1290. The highest BCUT2D eigenvalue weighted by molar-refractivity contribution is 7.08. The fourth-order valence-corrected chi connectivity index (χ4v) is 4.38. The predicted octanol–water partition coefficient (Wildman–Crippen LogP) is 5.04. The Hall–Kier alpha value is -3.65. The van der Waals surface area contributed by atoms with Gasteiger partial charge in [0, 0.05) is 23.7 Å². The van der Waals surface area contributed by atoms with Gasteiger partial charge in [0.1, 0.15) is 17.1 Å². The molecule has 1 unspecified atom stereocenters. The van der Waals surface area contributed by atoms with E-state index in [2.05, 4.69) is 24.5 Å². The second kappa shape index (κ2) is 10.1. The number of pyridine rings is 1. The molecule has 7 nitrogen and oxygen atoms in total. The van der Waals surface area contributed by atoms with E-state index in [0.717, 1.165) is 17.5 Å². The first-order chi connectivity index (χ1) is 16.3. The van der Waals surface area contributed by atoms with Gasteiger partial charge < -0.3 is 15.7 Å². The van der Waals surface area contributed by atoms with Gasteiger partial charge in [0.2, 0.25) is 0 Å². The molecule has 3 heterocycles. The highest BCUT2D eigenvalue weighted by Crippen LogP contribution is 2.28. The molecule has 0 saturated heterocycles. The monoisotopic (exact) mass is 476 g/mol. The summed E-state index contributed by atoms with van der Waals surface area (Å²) in [6.45, 7) is 6.67. The number of phenols is 1. The third kappa shape index (κ3) is 4.97. The van der Waals surface area contributed by atoms with Crippen molar-refractivity contribution in [3.05, 3.63) is 76.2 Å². The third-order valence-electron chi connectivity index (χ3n) is 5.65. The van der Waals surface area contributed by atoms with Crippen LogP contribution in [0.15, 0.2) is 59.4 Å². The molecule has 2 amide bonds. The second-order valence-corrected chi connectivity index (χ2v) is 9.44. The maximum Gasteiger partial charge on any atom is 0.270 e. The number of imidazole rings is 1. The van der Waals surface area contributed by atoms with E-state index in [1.54, 1.807) is 47.0 Å². The molecule has 3 aromatic heterocycles. The van der Waals surface area contributed by atoms with Crippen LogP contribution in [0.4, 0.5) is 0 Å². The van der Waals surface area contributed by atoms with Gasteiger partial charge in [-0.2, -0.15) is 11.3 Å². The lowest BCUT2D eigenvalue weighted by Gasteiger charge is -2.15. The minimum absolute atomic E-state index is 0.171. The summed E-state index contributed by atoms with van der Waals surface area (Å²) in [7, 11) is 0. The van der Waals surface area contributed by atoms with Crippen molar-refractivity contribution in [3.8, 4) is 17.0 Å². The molecule has 0 aliphatic heterocycles. The summed E-state index contributed by atoms with van der Waals surface area (Å²) in [6.07, 6.45) is 2.63. The first-order valence-electron chi connectivity index (χ1n) is 11.3. The molecule has 0 aliphatic carbocycles. The van der Waals surface area contributed by atoms with Crippen molar-refractivity contribution < 1.29 is 14.7 Å². The van der Waals surface area contributed by atoms with E-state index in [0.29, 0.717) is 35.1 Å². The summed E-state index contributed by atoms with van der Waals surface area (Å²) in [5.41, 5.74) is 3.48. The lowest BCUT2D eigenvalue weighted by atomic mass is 10.1. The van der Waals surface area contributed by atoms with Gasteiger partial charge in [-0.05, 0) is 60.5 Å². The molecule has 0 spiro atoms. The number of amides is 2. The first-order valence-corrected chi connectivity index (χ1v) is 12.2. The van der Waals surface area contributed by atoms with Gasteiger partial charge in [-0.3, -0.25) is 14.0 Å². The molecule has 176 valence electrons. The van der Waals surface area contributed by atoms with Crippen LogP contribution in [-0.2, 0) is 0 Å². The molecule has 3 N–H and O–H groups in total. The Labute approximate surface area is 202 Å². The number of carbonyl (C=O) groups is 2. The van der Waals surface area contributed by atoms with Crippen molar-refractivity contribution in [3.63, 3.8) is 0 Å². The van der Waals surface area contributed by atoms with Gasteiger partial charge in [0.25, 0.3) is 11.8 Å². The Balaban J connectivity index is 1.69. The van der Waals surface area contributed by atoms with Crippen molar-refractivity contribution >= 4 is 28.8 Å². The Morgan fingerprint density at radius 3 is 2.53 bits per heavy atom. The molecule has 0 radical (unpaired) electrons. The zero-order chi connectivity index (χ0) is 24.2. The Morgan fingerprint density at radius 1 is 1.09 bits per heavy atom. The minimum atomic E-state index is -0.292. The molecule has 8 heteroatoms. The highest BCUT2D eigenvalue weighted by Gasteiger charge is 2.24. The van der Waals surface area contributed by atoms with Crippen molar-refractivity contribution in [2.75, 3.05) is 6.54 Å². The van der Waals surface area contributed by atoms with Gasteiger partial charge in [0.05, 0.1) is 11.6 Å². The van der Waals surface area contributed by atoms with Gasteiger partial charge in [0.15, 0.2) is 5.65 Å². The largest absolute Gasteiger partial charge is 0.508 e. The van der Waals surface area contributed by atoms with Crippen LogP contribution in [0.2, 0.25) is 0 Å². The van der Waals surface area contributed by atoms with E-state index in [4.69, 9.17) is 4.98 Å². The van der Waals surface area contributed by atoms with Crippen LogP contribution in [0.25, 0.3) is 16.9 Å². The van der Waals surface area contributed by atoms with Crippen LogP contribution in [0.1, 0.15) is 59.6 Å². The van der Waals surface area contributed by atoms with Crippen LogP contribution in [0.5, 0.6) is 5.75 Å². The molecule has 0 aliphatic rings. The maximum absolute atomic E-state index is 13.2. The van der Waals surface area contributed by atoms with Crippen LogP contribution in [-0.4, -0.2) is 32.9 Å². The molecule has 0 fully saturated rings. The lowest BCUT2D eigenvalue weighted by Crippen LogP contribution is -2.28. The van der Waals surface area contributed by atoms with Crippen LogP contribution < -0.4 is 10.6 Å². The normalized spacial score (nSPS) is 12.1.